The van der Waals surface area contributed by atoms with Gasteiger partial charge in [0.25, 0.3) is 0 Å². The molecule has 1 aliphatic carbocycles. The van der Waals surface area contributed by atoms with Crippen LogP contribution in [0.5, 0.6) is 0 Å². The van der Waals surface area contributed by atoms with Gasteiger partial charge in [0.1, 0.15) is 0 Å². The molecule has 0 unspecified atom stereocenters. The minimum atomic E-state index is 1.16. The van der Waals surface area contributed by atoms with Crippen molar-refractivity contribution in [3.63, 3.8) is 0 Å². The molecule has 18 heavy (non-hydrogen) atoms. The summed E-state index contributed by atoms with van der Waals surface area (Å²) in [6.07, 6.45) is 7.81. The molecular formula is C16H25NS. The standard InChI is InChI=1S/C16H25NS/c1-2-10-17-11-3-4-12-18-16-9-8-14-6-5-7-15(14)13-16/h8-9,13,17H,2-7,10-12H2,1H3. The molecule has 0 radical (unpaired) electrons. The predicted octanol–water partition coefficient (Wildman–Crippen LogP) is 4.05. The molecule has 2 heteroatoms. The lowest BCUT2D eigenvalue weighted by Crippen LogP contribution is -2.15. The number of fused-ring (bicyclic) bond motifs is 1. The number of aryl methyl sites for hydroxylation is 2. The van der Waals surface area contributed by atoms with Crippen LogP contribution >= 0.6 is 11.8 Å². The van der Waals surface area contributed by atoms with Crippen LogP contribution in [0.2, 0.25) is 0 Å². The molecule has 2 rings (SSSR count). The number of hydrogen-bond acceptors (Lipinski definition) is 2. The molecule has 0 amide bonds. The van der Waals surface area contributed by atoms with Gasteiger partial charge >= 0.3 is 0 Å². The van der Waals surface area contributed by atoms with E-state index in [1.165, 1.54) is 55.7 Å². The molecule has 0 fully saturated rings. The number of rotatable bonds is 8. The van der Waals surface area contributed by atoms with Crippen LogP contribution in [0.4, 0.5) is 0 Å². The molecule has 0 spiro atoms. The molecular weight excluding hydrogens is 238 g/mol. The molecule has 1 aliphatic rings. The maximum absolute atomic E-state index is 3.46. The second-order valence-corrected chi connectivity index (χ2v) is 6.26. The van der Waals surface area contributed by atoms with Crippen molar-refractivity contribution in [2.24, 2.45) is 0 Å². The summed E-state index contributed by atoms with van der Waals surface area (Å²) in [6.45, 7) is 4.56. The van der Waals surface area contributed by atoms with Crippen LogP contribution in [0.25, 0.3) is 0 Å². The maximum Gasteiger partial charge on any atom is 0.00748 e. The normalized spacial score (nSPS) is 13.8. The Morgan fingerprint density at radius 2 is 2.00 bits per heavy atom. The summed E-state index contributed by atoms with van der Waals surface area (Å²) in [5.41, 5.74) is 3.19. The Hall–Kier alpha value is -0.470. The molecule has 0 bridgehead atoms. The second-order valence-electron chi connectivity index (χ2n) is 5.09. The zero-order valence-electron chi connectivity index (χ0n) is 11.5. The Kier molecular flexibility index (Phi) is 6.09. The van der Waals surface area contributed by atoms with Gasteiger partial charge in [-0.25, -0.2) is 0 Å². The van der Waals surface area contributed by atoms with Gasteiger partial charge < -0.3 is 5.32 Å². The number of benzene rings is 1. The Morgan fingerprint density at radius 3 is 2.89 bits per heavy atom. The first-order chi connectivity index (χ1) is 8.90. The summed E-state index contributed by atoms with van der Waals surface area (Å²) in [4.78, 5) is 1.47. The van der Waals surface area contributed by atoms with Gasteiger partial charge in [0.05, 0.1) is 0 Å². The minimum Gasteiger partial charge on any atom is -0.317 e. The number of unbranched alkanes of at least 4 members (excludes halogenated alkanes) is 1. The van der Waals surface area contributed by atoms with Gasteiger partial charge in [0.2, 0.25) is 0 Å². The third-order valence-corrected chi connectivity index (χ3v) is 4.59. The molecule has 0 saturated carbocycles. The molecule has 1 N–H and O–H groups in total. The molecule has 100 valence electrons. The van der Waals surface area contributed by atoms with Crippen molar-refractivity contribution in [3.05, 3.63) is 29.3 Å². The van der Waals surface area contributed by atoms with Crippen LogP contribution in [0.3, 0.4) is 0 Å². The van der Waals surface area contributed by atoms with E-state index >= 15 is 0 Å². The lowest BCUT2D eigenvalue weighted by atomic mass is 10.1. The summed E-state index contributed by atoms with van der Waals surface area (Å²) < 4.78 is 0. The van der Waals surface area contributed by atoms with Gasteiger partial charge in [-0.15, -0.1) is 11.8 Å². The number of hydrogen-bond donors (Lipinski definition) is 1. The Morgan fingerprint density at radius 1 is 1.11 bits per heavy atom. The topological polar surface area (TPSA) is 12.0 Å². The van der Waals surface area contributed by atoms with Gasteiger partial charge in [-0.1, -0.05) is 13.0 Å². The molecule has 1 aromatic carbocycles. The van der Waals surface area contributed by atoms with Crippen molar-refractivity contribution in [1.82, 2.24) is 5.32 Å². The van der Waals surface area contributed by atoms with Crippen molar-refractivity contribution in [3.8, 4) is 0 Å². The summed E-state index contributed by atoms with van der Waals surface area (Å²) in [6, 6.07) is 7.07. The SMILES string of the molecule is CCCNCCCCSc1ccc2c(c1)CCC2. The third-order valence-electron chi connectivity index (χ3n) is 3.51. The van der Waals surface area contributed by atoms with Crippen molar-refractivity contribution < 1.29 is 0 Å². The van der Waals surface area contributed by atoms with E-state index in [1.807, 2.05) is 11.8 Å². The monoisotopic (exact) mass is 263 g/mol. The minimum absolute atomic E-state index is 1.16. The van der Waals surface area contributed by atoms with E-state index in [0.717, 1.165) is 6.54 Å². The van der Waals surface area contributed by atoms with Crippen molar-refractivity contribution in [1.29, 1.82) is 0 Å². The van der Waals surface area contributed by atoms with E-state index in [4.69, 9.17) is 0 Å². The summed E-state index contributed by atoms with van der Waals surface area (Å²) in [5, 5.41) is 3.46. The fraction of sp³-hybridized carbons (Fsp3) is 0.625. The third kappa shape index (κ3) is 4.33. The van der Waals surface area contributed by atoms with Crippen LogP contribution in [-0.2, 0) is 12.8 Å². The summed E-state index contributed by atoms with van der Waals surface area (Å²) in [7, 11) is 0. The highest BCUT2D eigenvalue weighted by Gasteiger charge is 2.10. The first kappa shape index (κ1) is 14.0. The van der Waals surface area contributed by atoms with Gasteiger partial charge in [-0.3, -0.25) is 0 Å². The Balaban J connectivity index is 1.62. The van der Waals surface area contributed by atoms with Crippen LogP contribution in [0, 0.1) is 0 Å². The molecule has 0 heterocycles. The van der Waals surface area contributed by atoms with E-state index < -0.39 is 0 Å². The second kappa shape index (κ2) is 7.85. The first-order valence-electron chi connectivity index (χ1n) is 7.35. The Bertz CT molecular complexity index is 362. The summed E-state index contributed by atoms with van der Waals surface area (Å²) >= 11 is 2.02. The molecule has 0 saturated heterocycles. The van der Waals surface area contributed by atoms with E-state index in [0.29, 0.717) is 0 Å². The van der Waals surface area contributed by atoms with Gasteiger partial charge in [-0.2, -0.15) is 0 Å². The van der Waals surface area contributed by atoms with Crippen molar-refractivity contribution in [2.75, 3.05) is 18.8 Å². The number of nitrogens with one attached hydrogen (secondary N) is 1. The van der Waals surface area contributed by atoms with Crippen LogP contribution in [0.15, 0.2) is 23.1 Å². The van der Waals surface area contributed by atoms with E-state index in [9.17, 15) is 0 Å². The average molecular weight is 263 g/mol. The van der Waals surface area contributed by atoms with Gasteiger partial charge in [0.15, 0.2) is 0 Å². The maximum atomic E-state index is 3.46. The lowest BCUT2D eigenvalue weighted by Gasteiger charge is -2.05. The highest BCUT2D eigenvalue weighted by molar-refractivity contribution is 7.99. The molecule has 0 aromatic heterocycles. The molecule has 1 nitrogen and oxygen atoms in total. The van der Waals surface area contributed by atoms with Gasteiger partial charge in [-0.05, 0) is 80.6 Å². The van der Waals surface area contributed by atoms with Crippen molar-refractivity contribution in [2.45, 2.75) is 50.3 Å². The van der Waals surface area contributed by atoms with Gasteiger partial charge in [0, 0.05) is 4.90 Å². The van der Waals surface area contributed by atoms with Crippen LogP contribution in [-0.4, -0.2) is 18.8 Å². The zero-order valence-corrected chi connectivity index (χ0v) is 12.3. The molecule has 0 atom stereocenters. The summed E-state index contributed by atoms with van der Waals surface area (Å²) in [5.74, 6) is 1.26. The largest absolute Gasteiger partial charge is 0.317 e. The first-order valence-corrected chi connectivity index (χ1v) is 8.34. The Labute approximate surface area is 116 Å². The highest BCUT2D eigenvalue weighted by Crippen LogP contribution is 2.27. The fourth-order valence-corrected chi connectivity index (χ4v) is 3.46. The average Bonchev–Trinajstić information content (AvgIpc) is 2.85. The fourth-order valence-electron chi connectivity index (χ4n) is 2.48. The lowest BCUT2D eigenvalue weighted by molar-refractivity contribution is 0.635. The smallest absolute Gasteiger partial charge is 0.00748 e. The van der Waals surface area contributed by atoms with Crippen molar-refractivity contribution >= 4 is 11.8 Å². The van der Waals surface area contributed by atoms with E-state index in [-0.39, 0.29) is 0 Å². The number of thioether (sulfide) groups is 1. The van der Waals surface area contributed by atoms with E-state index in [2.05, 4.69) is 30.4 Å². The van der Waals surface area contributed by atoms with Crippen LogP contribution < -0.4 is 5.32 Å². The zero-order chi connectivity index (χ0) is 12.6. The molecule has 0 aliphatic heterocycles. The van der Waals surface area contributed by atoms with E-state index in [1.54, 1.807) is 11.1 Å². The van der Waals surface area contributed by atoms with Crippen LogP contribution in [0.1, 0.15) is 43.7 Å². The quantitative estimate of drug-likeness (QED) is 0.561. The predicted molar refractivity (Wildman–Crippen MR) is 81.6 cm³/mol. The highest BCUT2D eigenvalue weighted by atomic mass is 32.2. The molecule has 1 aromatic rings.